The maximum absolute atomic E-state index is 12.8. The van der Waals surface area contributed by atoms with Crippen LogP contribution in [0.2, 0.25) is 0 Å². The average molecular weight is 931 g/mol. The molecule has 0 aliphatic heterocycles. The molecule has 6 nitrogen and oxygen atoms in total. The number of esters is 3. The fourth-order valence-electron chi connectivity index (χ4n) is 7.44. The van der Waals surface area contributed by atoms with Crippen LogP contribution < -0.4 is 0 Å². The Labute approximate surface area is 413 Å². The number of hydrogen-bond donors (Lipinski definition) is 0. The molecule has 1 atom stereocenters. The Hall–Kier alpha value is -3.67. The molecule has 0 aromatic heterocycles. The minimum Gasteiger partial charge on any atom is -0.462 e. The first-order valence-corrected chi connectivity index (χ1v) is 27.7. The third kappa shape index (κ3) is 53.2. The van der Waals surface area contributed by atoms with Gasteiger partial charge in [-0.3, -0.25) is 14.4 Å². The molecule has 67 heavy (non-hydrogen) atoms. The van der Waals surface area contributed by atoms with Gasteiger partial charge >= 0.3 is 17.9 Å². The molecule has 0 radical (unpaired) electrons. The number of carbonyl (C=O) groups is 3. The average Bonchev–Trinajstić information content (AvgIpc) is 3.33. The quantitative estimate of drug-likeness (QED) is 0.0262. The Morgan fingerprint density at radius 1 is 0.313 bits per heavy atom. The lowest BCUT2D eigenvalue weighted by Crippen LogP contribution is -2.30. The summed E-state index contributed by atoms with van der Waals surface area (Å²) >= 11 is 0. The molecule has 6 heteroatoms. The molecule has 0 aromatic carbocycles. The molecule has 0 heterocycles. The lowest BCUT2D eigenvalue weighted by molar-refractivity contribution is -0.166. The van der Waals surface area contributed by atoms with Gasteiger partial charge < -0.3 is 14.2 Å². The van der Waals surface area contributed by atoms with E-state index in [1.54, 1.807) is 0 Å². The van der Waals surface area contributed by atoms with Crippen molar-refractivity contribution in [2.45, 2.75) is 258 Å². The molecule has 0 bridgehead atoms. The molecule has 0 aliphatic carbocycles. The summed E-state index contributed by atoms with van der Waals surface area (Å²) in [6, 6.07) is 0. The Morgan fingerprint density at radius 2 is 0.612 bits per heavy atom. The minimum atomic E-state index is -0.811. The topological polar surface area (TPSA) is 78.9 Å². The van der Waals surface area contributed by atoms with E-state index in [-0.39, 0.29) is 37.5 Å². The molecule has 0 aliphatic rings. The normalized spacial score (nSPS) is 12.8. The van der Waals surface area contributed by atoms with Gasteiger partial charge in [-0.1, -0.05) is 240 Å². The first kappa shape index (κ1) is 63.3. The number of carbonyl (C=O) groups excluding carboxylic acids is 3. The highest BCUT2D eigenvalue weighted by Crippen LogP contribution is 2.15. The summed E-state index contributed by atoms with van der Waals surface area (Å²) in [7, 11) is 0. The van der Waals surface area contributed by atoms with Crippen molar-refractivity contribution in [1.82, 2.24) is 0 Å². The Morgan fingerprint density at radius 3 is 1.03 bits per heavy atom. The third-order valence-corrected chi connectivity index (χ3v) is 11.6. The van der Waals surface area contributed by atoms with Gasteiger partial charge in [0.25, 0.3) is 0 Å². The molecule has 0 rings (SSSR count). The number of unbranched alkanes of at least 4 members (excludes halogenated alkanes) is 22. The van der Waals surface area contributed by atoms with Crippen molar-refractivity contribution in [3.05, 3.63) is 97.2 Å². The molecular formula is C61H102O6. The van der Waals surface area contributed by atoms with Gasteiger partial charge in [0.1, 0.15) is 13.2 Å². The van der Waals surface area contributed by atoms with Crippen LogP contribution in [0.15, 0.2) is 97.2 Å². The summed E-state index contributed by atoms with van der Waals surface area (Å²) in [4.78, 5) is 38.1. The van der Waals surface area contributed by atoms with E-state index in [1.165, 1.54) is 116 Å². The maximum Gasteiger partial charge on any atom is 0.306 e. The van der Waals surface area contributed by atoms with Crippen molar-refractivity contribution in [2.75, 3.05) is 13.2 Å². The Bertz CT molecular complexity index is 1350. The molecule has 0 saturated heterocycles. The zero-order valence-electron chi connectivity index (χ0n) is 43.6. The van der Waals surface area contributed by atoms with E-state index >= 15 is 0 Å². The molecule has 0 amide bonds. The third-order valence-electron chi connectivity index (χ3n) is 11.6. The molecule has 382 valence electrons. The lowest BCUT2D eigenvalue weighted by Gasteiger charge is -2.18. The second kappa shape index (κ2) is 54.9. The van der Waals surface area contributed by atoms with Gasteiger partial charge in [-0.2, -0.15) is 0 Å². The van der Waals surface area contributed by atoms with Crippen LogP contribution >= 0.6 is 0 Å². The van der Waals surface area contributed by atoms with Crippen LogP contribution in [0, 0.1) is 0 Å². The first-order valence-electron chi connectivity index (χ1n) is 27.7. The summed E-state index contributed by atoms with van der Waals surface area (Å²) in [6.45, 7) is 6.43. The maximum atomic E-state index is 12.8. The number of rotatable bonds is 49. The van der Waals surface area contributed by atoms with E-state index in [1.807, 2.05) is 6.08 Å². The van der Waals surface area contributed by atoms with Crippen molar-refractivity contribution >= 4 is 17.9 Å². The van der Waals surface area contributed by atoms with E-state index in [4.69, 9.17) is 14.2 Å². The molecular weight excluding hydrogens is 829 g/mol. The van der Waals surface area contributed by atoms with Crippen LogP contribution in [-0.2, 0) is 28.6 Å². The van der Waals surface area contributed by atoms with Crippen LogP contribution in [0.3, 0.4) is 0 Å². The second-order valence-corrected chi connectivity index (χ2v) is 18.1. The minimum absolute atomic E-state index is 0.103. The second-order valence-electron chi connectivity index (χ2n) is 18.1. The highest BCUT2D eigenvalue weighted by molar-refractivity contribution is 5.71. The molecule has 0 unspecified atom stereocenters. The molecule has 0 saturated carbocycles. The number of ether oxygens (including phenoxy) is 3. The monoisotopic (exact) mass is 931 g/mol. The zero-order valence-corrected chi connectivity index (χ0v) is 43.6. The molecule has 0 aromatic rings. The SMILES string of the molecule is CC/C=C\C/C=C\C/C=C\C/C=C\C/C=C\C/C=C\CCC(=O)OC[C@H](COC(=O)CCCCCCCCCCCCCCC)OC(=O)CCCCCCCCC/C=C\C/C=C\CCCCC. The zero-order chi connectivity index (χ0) is 48.6. The largest absolute Gasteiger partial charge is 0.462 e. The highest BCUT2D eigenvalue weighted by atomic mass is 16.6. The Balaban J connectivity index is 4.51. The summed E-state index contributed by atoms with van der Waals surface area (Å²) in [6.07, 6.45) is 72.6. The summed E-state index contributed by atoms with van der Waals surface area (Å²) in [5.41, 5.74) is 0. The van der Waals surface area contributed by atoms with E-state index in [9.17, 15) is 14.4 Å². The predicted molar refractivity (Wildman–Crippen MR) is 288 cm³/mol. The molecule has 0 fully saturated rings. The van der Waals surface area contributed by atoms with Crippen LogP contribution in [0.4, 0.5) is 0 Å². The molecule has 0 N–H and O–H groups in total. The van der Waals surface area contributed by atoms with Crippen molar-refractivity contribution in [3.8, 4) is 0 Å². The van der Waals surface area contributed by atoms with Gasteiger partial charge in [0, 0.05) is 19.3 Å². The summed E-state index contributed by atoms with van der Waals surface area (Å²) in [5, 5.41) is 0. The number of hydrogen-bond acceptors (Lipinski definition) is 6. The lowest BCUT2D eigenvalue weighted by atomic mass is 10.0. The van der Waals surface area contributed by atoms with Crippen molar-refractivity contribution in [3.63, 3.8) is 0 Å². The van der Waals surface area contributed by atoms with Gasteiger partial charge in [-0.05, 0) is 89.9 Å². The van der Waals surface area contributed by atoms with E-state index in [0.29, 0.717) is 19.3 Å². The predicted octanol–water partition coefficient (Wildman–Crippen LogP) is 18.5. The van der Waals surface area contributed by atoms with Gasteiger partial charge in [0.05, 0.1) is 0 Å². The van der Waals surface area contributed by atoms with E-state index < -0.39 is 6.10 Å². The van der Waals surface area contributed by atoms with Crippen LogP contribution in [0.25, 0.3) is 0 Å². The fourth-order valence-corrected chi connectivity index (χ4v) is 7.44. The van der Waals surface area contributed by atoms with Gasteiger partial charge in [0.15, 0.2) is 6.10 Å². The van der Waals surface area contributed by atoms with Gasteiger partial charge in [0.2, 0.25) is 0 Å². The van der Waals surface area contributed by atoms with Crippen LogP contribution in [-0.4, -0.2) is 37.2 Å². The van der Waals surface area contributed by atoms with Crippen molar-refractivity contribution < 1.29 is 28.6 Å². The van der Waals surface area contributed by atoms with E-state index in [0.717, 1.165) is 89.9 Å². The van der Waals surface area contributed by atoms with Crippen LogP contribution in [0.5, 0.6) is 0 Å². The summed E-state index contributed by atoms with van der Waals surface area (Å²) < 4.78 is 16.8. The molecule has 0 spiro atoms. The fraction of sp³-hybridized carbons (Fsp3) is 0.689. The van der Waals surface area contributed by atoms with Crippen molar-refractivity contribution in [1.29, 1.82) is 0 Å². The first-order chi connectivity index (χ1) is 33.0. The van der Waals surface area contributed by atoms with Gasteiger partial charge in [-0.25, -0.2) is 0 Å². The standard InChI is InChI=1S/C61H102O6/c1-4-7-10-13-16-19-22-25-27-29-30-32-33-36-39-42-45-48-51-54-60(63)66-57-58(56-65-59(62)53-50-47-44-41-38-35-24-21-18-15-12-9-6-3)67-61(64)55-52-49-46-43-40-37-34-31-28-26-23-20-17-14-11-8-5-2/h7,10,16-17,19-20,25-28,30,32,36,39,45,48,58H,4-6,8-9,11-15,18,21-24,29,31,33-35,37-38,40-44,46-47,49-57H2,1-3H3/b10-7-,19-16-,20-17-,27-25-,28-26-,32-30-,39-36-,48-45-/t58-/m0/s1. The smallest absolute Gasteiger partial charge is 0.306 e. The van der Waals surface area contributed by atoms with Gasteiger partial charge in [-0.15, -0.1) is 0 Å². The Kier molecular flexibility index (Phi) is 51.9. The summed E-state index contributed by atoms with van der Waals surface area (Å²) in [5.74, 6) is -0.996. The van der Waals surface area contributed by atoms with Crippen LogP contribution in [0.1, 0.15) is 252 Å². The highest BCUT2D eigenvalue weighted by Gasteiger charge is 2.19. The van der Waals surface area contributed by atoms with Crippen molar-refractivity contribution in [2.24, 2.45) is 0 Å². The van der Waals surface area contributed by atoms with E-state index in [2.05, 4.69) is 112 Å². The number of allylic oxidation sites excluding steroid dienone is 16.